The summed E-state index contributed by atoms with van der Waals surface area (Å²) in [6.45, 7) is 9.05. The molecule has 21 heavy (non-hydrogen) atoms. The minimum Gasteiger partial charge on any atom is -0.481 e. The molecule has 0 aromatic rings. The molecule has 0 aromatic heterocycles. The van der Waals surface area contributed by atoms with E-state index < -0.39 is 11.5 Å². The van der Waals surface area contributed by atoms with Crippen LogP contribution < -0.4 is 10.6 Å². The molecule has 1 aliphatic heterocycles. The maximum Gasteiger partial charge on any atom is 0.315 e. The predicted molar refractivity (Wildman–Crippen MR) is 82.4 cm³/mol. The maximum absolute atomic E-state index is 12.0. The van der Waals surface area contributed by atoms with Crippen molar-refractivity contribution >= 4 is 12.0 Å². The van der Waals surface area contributed by atoms with Crippen LogP contribution in [0.4, 0.5) is 4.79 Å². The molecule has 0 bridgehead atoms. The Balaban J connectivity index is 2.29. The molecule has 0 unspecified atom stereocenters. The van der Waals surface area contributed by atoms with Gasteiger partial charge in [0.15, 0.2) is 0 Å². The fourth-order valence-electron chi connectivity index (χ4n) is 2.63. The van der Waals surface area contributed by atoms with Crippen molar-refractivity contribution in [2.45, 2.75) is 64.5 Å². The average molecular weight is 299 g/mol. The fourth-order valence-corrected chi connectivity index (χ4v) is 2.63. The predicted octanol–water partition coefficient (Wildman–Crippen LogP) is 1.80. The van der Waals surface area contributed by atoms with Gasteiger partial charge in [0.1, 0.15) is 0 Å². The van der Waals surface area contributed by atoms with Gasteiger partial charge in [0.2, 0.25) is 0 Å². The molecule has 2 amide bonds. The van der Waals surface area contributed by atoms with E-state index in [4.69, 9.17) is 5.11 Å². The van der Waals surface area contributed by atoms with Gasteiger partial charge in [0, 0.05) is 31.1 Å². The minimum absolute atomic E-state index is 0.0582. The summed E-state index contributed by atoms with van der Waals surface area (Å²) in [7, 11) is 0. The summed E-state index contributed by atoms with van der Waals surface area (Å²) in [5.41, 5.74) is -0.509. The van der Waals surface area contributed by atoms with Crippen LogP contribution in [0.1, 0.15) is 52.9 Å². The molecule has 1 fully saturated rings. The van der Waals surface area contributed by atoms with Gasteiger partial charge < -0.3 is 20.6 Å². The van der Waals surface area contributed by atoms with Gasteiger partial charge in [-0.1, -0.05) is 6.92 Å². The number of hydrogen-bond acceptors (Lipinski definition) is 3. The van der Waals surface area contributed by atoms with Gasteiger partial charge >= 0.3 is 12.0 Å². The number of carboxylic acids is 1. The van der Waals surface area contributed by atoms with E-state index in [0.29, 0.717) is 6.42 Å². The number of piperidine rings is 1. The first-order valence-electron chi connectivity index (χ1n) is 7.85. The van der Waals surface area contributed by atoms with Crippen molar-refractivity contribution in [3.63, 3.8) is 0 Å². The minimum atomic E-state index is -0.839. The second-order valence-electron chi connectivity index (χ2n) is 6.49. The van der Waals surface area contributed by atoms with E-state index in [1.54, 1.807) is 0 Å². The van der Waals surface area contributed by atoms with Gasteiger partial charge in [-0.25, -0.2) is 4.79 Å². The molecule has 1 saturated heterocycles. The molecule has 6 heteroatoms. The van der Waals surface area contributed by atoms with Gasteiger partial charge in [-0.05, 0) is 46.1 Å². The highest BCUT2D eigenvalue weighted by Gasteiger charge is 2.24. The number of hydrogen-bond donors (Lipinski definition) is 3. The molecule has 1 rings (SSSR count). The zero-order valence-corrected chi connectivity index (χ0v) is 13.4. The summed E-state index contributed by atoms with van der Waals surface area (Å²) in [5, 5.41) is 14.6. The lowest BCUT2D eigenvalue weighted by Crippen LogP contribution is -2.53. The Labute approximate surface area is 127 Å². The number of carbonyl (C=O) groups excluding carboxylic acids is 1. The number of aliphatic carboxylic acids is 1. The summed E-state index contributed by atoms with van der Waals surface area (Å²) in [4.78, 5) is 25.0. The van der Waals surface area contributed by atoms with Gasteiger partial charge in [0.25, 0.3) is 0 Å². The summed E-state index contributed by atoms with van der Waals surface area (Å²) < 4.78 is 0. The molecule has 1 heterocycles. The third-order valence-corrected chi connectivity index (χ3v) is 3.88. The molecule has 0 radical (unpaired) electrons. The van der Waals surface area contributed by atoms with Crippen LogP contribution in [0.3, 0.4) is 0 Å². The Morgan fingerprint density at radius 1 is 1.29 bits per heavy atom. The van der Waals surface area contributed by atoms with Crippen molar-refractivity contribution in [2.75, 3.05) is 19.6 Å². The van der Waals surface area contributed by atoms with Crippen molar-refractivity contribution in [3.8, 4) is 0 Å². The Morgan fingerprint density at radius 3 is 2.43 bits per heavy atom. The van der Waals surface area contributed by atoms with Crippen LogP contribution in [-0.4, -0.2) is 53.2 Å². The van der Waals surface area contributed by atoms with Gasteiger partial charge in [0.05, 0.1) is 0 Å². The van der Waals surface area contributed by atoms with Crippen LogP contribution in [0.15, 0.2) is 0 Å². The number of likely N-dealkylation sites (tertiary alicyclic amines) is 1. The van der Waals surface area contributed by atoms with E-state index in [-0.39, 0.29) is 18.5 Å². The molecule has 6 nitrogen and oxygen atoms in total. The summed E-state index contributed by atoms with van der Waals surface area (Å²) in [6.07, 6.45) is 3.59. The van der Waals surface area contributed by atoms with Gasteiger partial charge in [-0.15, -0.1) is 0 Å². The van der Waals surface area contributed by atoms with E-state index in [0.717, 1.165) is 38.9 Å². The van der Waals surface area contributed by atoms with Crippen molar-refractivity contribution in [1.82, 2.24) is 15.5 Å². The Morgan fingerprint density at radius 2 is 1.90 bits per heavy atom. The van der Waals surface area contributed by atoms with Crippen LogP contribution in [-0.2, 0) is 4.79 Å². The number of nitrogens with one attached hydrogen (secondary N) is 2. The molecule has 0 spiro atoms. The summed E-state index contributed by atoms with van der Waals surface area (Å²) in [6, 6.07) is 0.0210. The second kappa shape index (κ2) is 8.22. The number of urea groups is 1. The zero-order valence-electron chi connectivity index (χ0n) is 13.4. The number of carboxylic acid groups (broad SMARTS) is 1. The van der Waals surface area contributed by atoms with Gasteiger partial charge in [-0.2, -0.15) is 0 Å². The van der Waals surface area contributed by atoms with E-state index in [1.807, 2.05) is 13.8 Å². The van der Waals surface area contributed by atoms with Crippen molar-refractivity contribution in [1.29, 1.82) is 0 Å². The summed E-state index contributed by atoms with van der Waals surface area (Å²) >= 11 is 0. The van der Waals surface area contributed by atoms with Crippen molar-refractivity contribution < 1.29 is 14.7 Å². The van der Waals surface area contributed by atoms with E-state index in [1.165, 1.54) is 0 Å². The largest absolute Gasteiger partial charge is 0.481 e. The molecule has 0 aromatic carbocycles. The molecule has 0 saturated carbocycles. The second-order valence-corrected chi connectivity index (χ2v) is 6.49. The number of carbonyl (C=O) groups is 2. The van der Waals surface area contributed by atoms with Crippen molar-refractivity contribution in [2.24, 2.45) is 0 Å². The lowest BCUT2D eigenvalue weighted by Gasteiger charge is -2.33. The first kappa shape index (κ1) is 17.8. The Kier molecular flexibility index (Phi) is 6.95. The van der Waals surface area contributed by atoms with Crippen LogP contribution in [0.2, 0.25) is 0 Å². The first-order chi connectivity index (χ1) is 9.82. The molecular weight excluding hydrogens is 270 g/mol. The lowest BCUT2D eigenvalue weighted by atomic mass is 9.98. The highest BCUT2D eigenvalue weighted by molar-refractivity contribution is 5.75. The Hall–Kier alpha value is -1.30. The quantitative estimate of drug-likeness (QED) is 0.669. The van der Waals surface area contributed by atoms with Crippen molar-refractivity contribution in [3.05, 3.63) is 0 Å². The highest BCUT2D eigenvalue weighted by atomic mass is 16.4. The van der Waals surface area contributed by atoms with Gasteiger partial charge in [-0.3, -0.25) is 4.79 Å². The zero-order chi connectivity index (χ0) is 15.9. The molecule has 3 N–H and O–H groups in total. The number of amides is 2. The van der Waals surface area contributed by atoms with E-state index >= 15 is 0 Å². The maximum atomic E-state index is 12.0. The molecule has 1 aliphatic rings. The molecule has 0 aliphatic carbocycles. The fraction of sp³-hybridized carbons (Fsp3) is 0.867. The van der Waals surface area contributed by atoms with Crippen LogP contribution in [0, 0.1) is 0 Å². The third kappa shape index (κ3) is 7.32. The monoisotopic (exact) mass is 299 g/mol. The SMILES string of the molecule is CCCN1CCC(NC(=O)NC(C)(C)CCC(=O)O)CC1. The average Bonchev–Trinajstić information content (AvgIpc) is 2.38. The smallest absolute Gasteiger partial charge is 0.315 e. The van der Waals surface area contributed by atoms with E-state index in [9.17, 15) is 9.59 Å². The standard InChI is InChI=1S/C15H29N3O3/c1-4-9-18-10-6-12(7-11-18)16-14(21)17-15(2,3)8-5-13(19)20/h12H,4-11H2,1-3H3,(H,19,20)(H2,16,17,21). The molecular formula is C15H29N3O3. The number of rotatable bonds is 7. The lowest BCUT2D eigenvalue weighted by molar-refractivity contribution is -0.137. The van der Waals surface area contributed by atoms with Crippen LogP contribution in [0.5, 0.6) is 0 Å². The topological polar surface area (TPSA) is 81.7 Å². The third-order valence-electron chi connectivity index (χ3n) is 3.88. The Bertz CT molecular complexity index is 350. The van der Waals surface area contributed by atoms with Crippen LogP contribution >= 0.6 is 0 Å². The molecule has 122 valence electrons. The van der Waals surface area contributed by atoms with E-state index in [2.05, 4.69) is 22.5 Å². The normalized spacial score (nSPS) is 17.5. The number of nitrogens with zero attached hydrogens (tertiary/aromatic N) is 1. The first-order valence-corrected chi connectivity index (χ1v) is 7.85. The summed E-state index contributed by atoms with van der Waals surface area (Å²) in [5.74, 6) is -0.839. The van der Waals surface area contributed by atoms with Crippen LogP contribution in [0.25, 0.3) is 0 Å². The molecule has 0 atom stereocenters. The highest BCUT2D eigenvalue weighted by Crippen LogP contribution is 2.13.